The highest BCUT2D eigenvalue weighted by atomic mass is 16.5. The van der Waals surface area contributed by atoms with E-state index < -0.39 is 5.97 Å². The number of aryl methyl sites for hydroxylation is 1. The molecule has 0 bridgehead atoms. The number of carbonyl (C=O) groups excluding carboxylic acids is 2. The molecule has 9 heteroatoms. The summed E-state index contributed by atoms with van der Waals surface area (Å²) >= 11 is 0. The molecule has 45 heavy (non-hydrogen) atoms. The van der Waals surface area contributed by atoms with Crippen molar-refractivity contribution in [3.8, 4) is 16.9 Å². The van der Waals surface area contributed by atoms with Gasteiger partial charge in [-0.3, -0.25) is 19.1 Å². The fraction of sp³-hybridized carbons (Fsp3) is 0.333. The summed E-state index contributed by atoms with van der Waals surface area (Å²) in [5, 5.41) is 16.0. The molecule has 0 unspecified atom stereocenters. The van der Waals surface area contributed by atoms with Crippen LogP contribution in [0.5, 0.6) is 5.75 Å². The highest BCUT2D eigenvalue weighted by Crippen LogP contribution is 2.35. The smallest absolute Gasteiger partial charge is 0.305 e. The maximum atomic E-state index is 13.5. The van der Waals surface area contributed by atoms with E-state index >= 15 is 0 Å². The lowest BCUT2D eigenvalue weighted by Gasteiger charge is -2.24. The van der Waals surface area contributed by atoms with Crippen molar-refractivity contribution in [1.82, 2.24) is 15.1 Å². The van der Waals surface area contributed by atoms with Crippen molar-refractivity contribution in [2.45, 2.75) is 58.9 Å². The number of hydrogen-bond donors (Lipinski definition) is 2. The second-order valence-corrected chi connectivity index (χ2v) is 11.5. The Morgan fingerprint density at radius 3 is 2.58 bits per heavy atom. The van der Waals surface area contributed by atoms with Gasteiger partial charge in [0.1, 0.15) is 5.75 Å². The van der Waals surface area contributed by atoms with E-state index in [-0.39, 0.29) is 24.8 Å². The van der Waals surface area contributed by atoms with Crippen LogP contribution >= 0.6 is 0 Å². The predicted molar refractivity (Wildman–Crippen MR) is 174 cm³/mol. The van der Waals surface area contributed by atoms with Gasteiger partial charge in [0.2, 0.25) is 5.91 Å². The molecule has 0 saturated heterocycles. The minimum atomic E-state index is -0.951. The van der Waals surface area contributed by atoms with E-state index in [1.807, 2.05) is 52.3 Å². The molecule has 0 radical (unpaired) electrons. The Hall–Kier alpha value is -4.92. The summed E-state index contributed by atoms with van der Waals surface area (Å²) in [4.78, 5) is 38.3. The Morgan fingerprint density at radius 1 is 0.978 bits per heavy atom. The van der Waals surface area contributed by atoms with E-state index in [2.05, 4.69) is 42.5 Å². The molecule has 0 fully saturated rings. The lowest BCUT2D eigenvalue weighted by Crippen LogP contribution is -2.31. The number of benzene rings is 3. The van der Waals surface area contributed by atoms with Crippen LogP contribution in [-0.4, -0.2) is 52.4 Å². The Labute approximate surface area is 263 Å². The Morgan fingerprint density at radius 2 is 1.78 bits per heavy atom. The quantitative estimate of drug-likeness (QED) is 0.192. The number of amides is 2. The van der Waals surface area contributed by atoms with Crippen LogP contribution in [0.25, 0.3) is 11.1 Å². The van der Waals surface area contributed by atoms with Crippen molar-refractivity contribution in [2.24, 2.45) is 0 Å². The number of carboxylic acid groups (broad SMARTS) is 1. The predicted octanol–water partition coefficient (Wildman–Crippen LogP) is 5.95. The summed E-state index contributed by atoms with van der Waals surface area (Å²) in [7, 11) is 0. The van der Waals surface area contributed by atoms with Gasteiger partial charge in [-0.15, -0.1) is 0 Å². The molecule has 3 aromatic carbocycles. The van der Waals surface area contributed by atoms with E-state index in [1.165, 1.54) is 11.1 Å². The second kappa shape index (κ2) is 14.7. The number of anilines is 1. The largest absolute Gasteiger partial charge is 0.493 e. The zero-order valence-corrected chi connectivity index (χ0v) is 25.9. The molecular weight excluding hydrogens is 568 g/mol. The van der Waals surface area contributed by atoms with Crippen LogP contribution in [0.3, 0.4) is 0 Å². The van der Waals surface area contributed by atoms with Crippen LogP contribution in [-0.2, 0) is 22.6 Å². The first-order valence-electron chi connectivity index (χ1n) is 15.5. The normalized spacial score (nSPS) is 12.7. The highest BCUT2D eigenvalue weighted by Gasteiger charge is 2.23. The molecular formula is C36H40N4O5. The SMILES string of the molecule is Cc1cccc(OCCCC(=O)N2CCCCc3c(-c4cnn(Cc5ccc(C(=O)NCCC(=O)O)cc5)c4)cccc32)c1C. The van der Waals surface area contributed by atoms with E-state index in [0.717, 1.165) is 53.0 Å². The summed E-state index contributed by atoms with van der Waals surface area (Å²) in [5.74, 6) is -0.253. The first-order valence-corrected chi connectivity index (χ1v) is 15.5. The van der Waals surface area contributed by atoms with Crippen LogP contribution in [0.1, 0.15) is 64.7 Å². The van der Waals surface area contributed by atoms with E-state index in [0.29, 0.717) is 38.1 Å². The van der Waals surface area contributed by atoms with Crippen molar-refractivity contribution < 1.29 is 24.2 Å². The third-order valence-electron chi connectivity index (χ3n) is 8.28. The third-order valence-corrected chi connectivity index (χ3v) is 8.28. The fourth-order valence-corrected chi connectivity index (χ4v) is 5.66. The van der Waals surface area contributed by atoms with E-state index in [1.54, 1.807) is 12.1 Å². The van der Waals surface area contributed by atoms with Crippen LogP contribution in [0, 0.1) is 13.8 Å². The average Bonchev–Trinajstić information content (AvgIpc) is 3.38. The minimum Gasteiger partial charge on any atom is -0.493 e. The number of ether oxygens (including phenoxy) is 1. The van der Waals surface area contributed by atoms with Gasteiger partial charge in [0.15, 0.2) is 0 Å². The van der Waals surface area contributed by atoms with Crippen molar-refractivity contribution >= 4 is 23.5 Å². The molecule has 0 spiro atoms. The third kappa shape index (κ3) is 7.98. The van der Waals surface area contributed by atoms with Crippen molar-refractivity contribution in [3.05, 3.63) is 101 Å². The zero-order chi connectivity index (χ0) is 31.8. The van der Waals surface area contributed by atoms with Crippen LogP contribution in [0.15, 0.2) is 73.1 Å². The number of hydrogen-bond acceptors (Lipinski definition) is 5. The summed E-state index contributed by atoms with van der Waals surface area (Å²) in [6.45, 7) is 5.95. The van der Waals surface area contributed by atoms with Gasteiger partial charge in [0.25, 0.3) is 5.91 Å². The number of aromatic nitrogens is 2. The van der Waals surface area contributed by atoms with Gasteiger partial charge in [-0.1, -0.05) is 36.4 Å². The molecule has 5 rings (SSSR count). The minimum absolute atomic E-state index is 0.0876. The van der Waals surface area contributed by atoms with Crippen LogP contribution < -0.4 is 15.0 Å². The Kier molecular flexibility index (Phi) is 10.3. The van der Waals surface area contributed by atoms with Gasteiger partial charge in [-0.2, -0.15) is 5.10 Å². The topological polar surface area (TPSA) is 114 Å². The molecule has 1 aliphatic heterocycles. The average molecular weight is 609 g/mol. The number of carbonyl (C=O) groups is 3. The molecule has 4 aromatic rings. The molecule has 9 nitrogen and oxygen atoms in total. The van der Waals surface area contributed by atoms with Gasteiger partial charge >= 0.3 is 5.97 Å². The number of fused-ring (bicyclic) bond motifs is 1. The monoisotopic (exact) mass is 608 g/mol. The molecule has 1 aliphatic rings. The Bertz CT molecular complexity index is 1660. The molecule has 1 aromatic heterocycles. The first kappa shape index (κ1) is 31.5. The highest BCUT2D eigenvalue weighted by molar-refractivity contribution is 5.96. The number of nitrogens with zero attached hydrogens (tertiary/aromatic N) is 3. The van der Waals surface area contributed by atoms with Crippen LogP contribution in [0.2, 0.25) is 0 Å². The number of carboxylic acids is 1. The second-order valence-electron chi connectivity index (χ2n) is 11.5. The Balaban J connectivity index is 1.22. The molecule has 0 saturated carbocycles. The fourth-order valence-electron chi connectivity index (χ4n) is 5.66. The van der Waals surface area contributed by atoms with Gasteiger partial charge in [0.05, 0.1) is 25.8 Å². The number of rotatable bonds is 12. The van der Waals surface area contributed by atoms with E-state index in [9.17, 15) is 14.4 Å². The van der Waals surface area contributed by atoms with Crippen molar-refractivity contribution in [1.29, 1.82) is 0 Å². The lowest BCUT2D eigenvalue weighted by molar-refractivity contribution is -0.136. The van der Waals surface area contributed by atoms with Gasteiger partial charge < -0.3 is 20.1 Å². The zero-order valence-electron chi connectivity index (χ0n) is 25.9. The molecule has 234 valence electrons. The standard InChI is InChI=1S/C36H40N4O5/c1-25-8-5-12-33(26(25)2)45-21-7-13-34(41)40-20-4-3-9-31-30(10-6-11-32(31)40)29-22-38-39(24-29)23-27-14-16-28(17-15-27)36(44)37-19-18-35(42)43/h5-6,8,10-12,14-17,22,24H,3-4,7,9,13,18-21,23H2,1-2H3,(H,37,44)(H,42,43). The van der Waals surface area contributed by atoms with Gasteiger partial charge in [-0.25, -0.2) is 0 Å². The number of nitrogens with one attached hydrogen (secondary N) is 1. The summed E-state index contributed by atoms with van der Waals surface area (Å²) in [5.41, 5.74) is 8.03. The van der Waals surface area contributed by atoms with Crippen molar-refractivity contribution in [2.75, 3.05) is 24.6 Å². The molecule has 2 N–H and O–H groups in total. The summed E-state index contributed by atoms with van der Waals surface area (Å²) < 4.78 is 7.86. The summed E-state index contributed by atoms with van der Waals surface area (Å²) in [6.07, 6.45) is 7.70. The molecule has 0 aliphatic carbocycles. The summed E-state index contributed by atoms with van der Waals surface area (Å²) in [6, 6.07) is 19.4. The molecule has 2 heterocycles. The lowest BCUT2D eigenvalue weighted by atomic mass is 9.97. The maximum Gasteiger partial charge on any atom is 0.305 e. The van der Waals surface area contributed by atoms with Gasteiger partial charge in [-0.05, 0) is 91.6 Å². The maximum absolute atomic E-state index is 13.5. The van der Waals surface area contributed by atoms with Gasteiger partial charge in [0, 0.05) is 42.5 Å². The molecule has 0 atom stereocenters. The van der Waals surface area contributed by atoms with Crippen LogP contribution in [0.4, 0.5) is 5.69 Å². The first-order chi connectivity index (χ1) is 21.8. The van der Waals surface area contributed by atoms with Crippen molar-refractivity contribution in [3.63, 3.8) is 0 Å². The van der Waals surface area contributed by atoms with E-state index in [4.69, 9.17) is 9.84 Å². The number of aliphatic carboxylic acids is 1. The molecule has 2 amide bonds.